The molecule has 0 saturated carbocycles. The SMILES string of the molecule is CC1CNNC2C1CCN2C. The molecule has 2 fully saturated rings. The Labute approximate surface area is 68.1 Å². The molecule has 0 aliphatic carbocycles. The van der Waals surface area contributed by atoms with Gasteiger partial charge in [0.1, 0.15) is 0 Å². The average Bonchev–Trinajstić information content (AvgIpc) is 2.35. The average molecular weight is 155 g/mol. The van der Waals surface area contributed by atoms with Gasteiger partial charge in [-0.1, -0.05) is 6.92 Å². The molecule has 0 amide bonds. The van der Waals surface area contributed by atoms with Gasteiger partial charge in [0.2, 0.25) is 0 Å². The molecule has 0 radical (unpaired) electrons. The molecule has 2 rings (SSSR count). The molecule has 64 valence electrons. The highest BCUT2D eigenvalue weighted by molar-refractivity contribution is 4.88. The van der Waals surface area contributed by atoms with E-state index in [1.807, 2.05) is 0 Å². The Morgan fingerprint density at radius 3 is 3.00 bits per heavy atom. The van der Waals surface area contributed by atoms with E-state index in [9.17, 15) is 0 Å². The maximum atomic E-state index is 3.34. The zero-order chi connectivity index (χ0) is 7.84. The number of nitrogens with zero attached hydrogens (tertiary/aromatic N) is 1. The third-order valence-electron chi connectivity index (χ3n) is 3.10. The predicted molar refractivity (Wildman–Crippen MR) is 44.8 cm³/mol. The fourth-order valence-electron chi connectivity index (χ4n) is 2.27. The van der Waals surface area contributed by atoms with Gasteiger partial charge in [0.25, 0.3) is 0 Å². The number of hydrazine groups is 1. The minimum absolute atomic E-state index is 0.582. The fourth-order valence-corrected chi connectivity index (χ4v) is 2.27. The maximum Gasteiger partial charge on any atom is 0.0758 e. The van der Waals surface area contributed by atoms with Crippen molar-refractivity contribution in [2.24, 2.45) is 11.8 Å². The van der Waals surface area contributed by atoms with Crippen molar-refractivity contribution < 1.29 is 0 Å². The summed E-state index contributed by atoms with van der Waals surface area (Å²) in [4.78, 5) is 2.40. The van der Waals surface area contributed by atoms with Crippen LogP contribution in [0.3, 0.4) is 0 Å². The second kappa shape index (κ2) is 2.73. The van der Waals surface area contributed by atoms with Crippen LogP contribution in [0.2, 0.25) is 0 Å². The molecule has 11 heavy (non-hydrogen) atoms. The van der Waals surface area contributed by atoms with E-state index in [4.69, 9.17) is 0 Å². The van der Waals surface area contributed by atoms with Crippen LogP contribution in [0, 0.1) is 11.8 Å². The van der Waals surface area contributed by atoms with E-state index in [1.54, 1.807) is 0 Å². The lowest BCUT2D eigenvalue weighted by molar-refractivity contribution is 0.124. The van der Waals surface area contributed by atoms with E-state index in [-0.39, 0.29) is 0 Å². The van der Waals surface area contributed by atoms with Crippen LogP contribution in [0.15, 0.2) is 0 Å². The molecular formula is C8H17N3. The lowest BCUT2D eigenvalue weighted by Crippen LogP contribution is -2.57. The third-order valence-corrected chi connectivity index (χ3v) is 3.10. The molecule has 0 aromatic carbocycles. The van der Waals surface area contributed by atoms with Crippen molar-refractivity contribution in [2.45, 2.75) is 19.5 Å². The monoisotopic (exact) mass is 155 g/mol. The highest BCUT2D eigenvalue weighted by Crippen LogP contribution is 2.29. The Kier molecular flexibility index (Phi) is 1.87. The van der Waals surface area contributed by atoms with Gasteiger partial charge in [0.15, 0.2) is 0 Å². The molecule has 0 aromatic heterocycles. The molecule has 2 N–H and O–H groups in total. The summed E-state index contributed by atoms with van der Waals surface area (Å²) in [6.07, 6.45) is 1.94. The number of fused-ring (bicyclic) bond motifs is 1. The highest BCUT2D eigenvalue weighted by atomic mass is 15.5. The van der Waals surface area contributed by atoms with Gasteiger partial charge in [-0.15, -0.1) is 0 Å². The van der Waals surface area contributed by atoms with E-state index in [0.29, 0.717) is 6.17 Å². The Balaban J connectivity index is 2.07. The van der Waals surface area contributed by atoms with Crippen molar-refractivity contribution in [1.29, 1.82) is 0 Å². The van der Waals surface area contributed by atoms with E-state index in [0.717, 1.165) is 18.4 Å². The standard InChI is InChI=1S/C8H17N3/c1-6-5-9-10-8-7(6)3-4-11(8)2/h6-10H,3-5H2,1-2H3. The van der Waals surface area contributed by atoms with Gasteiger partial charge < -0.3 is 0 Å². The van der Waals surface area contributed by atoms with Gasteiger partial charge in [-0.05, 0) is 31.8 Å². The molecule has 3 nitrogen and oxygen atoms in total. The summed E-state index contributed by atoms with van der Waals surface area (Å²) in [5, 5.41) is 0. The molecule has 3 heteroatoms. The van der Waals surface area contributed by atoms with E-state index >= 15 is 0 Å². The summed E-state index contributed by atoms with van der Waals surface area (Å²) < 4.78 is 0. The quantitative estimate of drug-likeness (QED) is 0.516. The molecule has 2 aliphatic heterocycles. The van der Waals surface area contributed by atoms with Gasteiger partial charge in [-0.25, -0.2) is 5.43 Å². The molecule has 2 aliphatic rings. The zero-order valence-corrected chi connectivity index (χ0v) is 7.30. The minimum Gasteiger partial charge on any atom is -0.290 e. The summed E-state index contributed by atoms with van der Waals surface area (Å²) in [6.45, 7) is 4.70. The van der Waals surface area contributed by atoms with Crippen LogP contribution < -0.4 is 10.9 Å². The van der Waals surface area contributed by atoms with E-state index < -0.39 is 0 Å². The molecule has 3 atom stereocenters. The number of rotatable bonds is 0. The first-order chi connectivity index (χ1) is 5.29. The third kappa shape index (κ3) is 1.17. The maximum absolute atomic E-state index is 3.34. The normalized spacial score (nSPS) is 45.8. The molecule has 0 spiro atoms. The van der Waals surface area contributed by atoms with Gasteiger partial charge in [-0.2, -0.15) is 0 Å². The second-order valence-electron chi connectivity index (χ2n) is 3.88. The van der Waals surface area contributed by atoms with E-state index in [2.05, 4.69) is 29.7 Å². The topological polar surface area (TPSA) is 27.3 Å². The number of likely N-dealkylation sites (tertiary alicyclic amines) is 1. The summed E-state index contributed by atoms with van der Waals surface area (Å²) >= 11 is 0. The summed E-state index contributed by atoms with van der Waals surface area (Å²) in [6, 6.07) is 0. The Hall–Kier alpha value is -0.120. The first kappa shape index (κ1) is 7.53. The number of hydrogen-bond acceptors (Lipinski definition) is 3. The van der Waals surface area contributed by atoms with Crippen LogP contribution in [-0.2, 0) is 0 Å². The molecule has 2 heterocycles. The van der Waals surface area contributed by atoms with Gasteiger partial charge in [0.05, 0.1) is 6.17 Å². The Morgan fingerprint density at radius 1 is 1.45 bits per heavy atom. The first-order valence-corrected chi connectivity index (χ1v) is 4.47. The van der Waals surface area contributed by atoms with Crippen LogP contribution in [-0.4, -0.2) is 31.2 Å². The number of hydrogen-bond donors (Lipinski definition) is 2. The smallest absolute Gasteiger partial charge is 0.0758 e. The lowest BCUT2D eigenvalue weighted by Gasteiger charge is -2.35. The Bertz CT molecular complexity index is 146. The summed E-state index contributed by atoms with van der Waals surface area (Å²) in [5.74, 6) is 1.69. The van der Waals surface area contributed by atoms with Crippen molar-refractivity contribution >= 4 is 0 Å². The molecule has 2 saturated heterocycles. The lowest BCUT2D eigenvalue weighted by atomic mass is 9.90. The Morgan fingerprint density at radius 2 is 2.27 bits per heavy atom. The van der Waals surface area contributed by atoms with E-state index in [1.165, 1.54) is 13.0 Å². The largest absolute Gasteiger partial charge is 0.290 e. The molecule has 0 bridgehead atoms. The van der Waals surface area contributed by atoms with Crippen molar-refractivity contribution in [2.75, 3.05) is 20.1 Å². The first-order valence-electron chi connectivity index (χ1n) is 4.47. The predicted octanol–water partition coefficient (Wildman–Crippen LogP) is 0.00810. The molecule has 3 unspecified atom stereocenters. The summed E-state index contributed by atoms with van der Waals surface area (Å²) in [7, 11) is 2.19. The van der Waals surface area contributed by atoms with Crippen molar-refractivity contribution in [3.8, 4) is 0 Å². The van der Waals surface area contributed by atoms with Crippen molar-refractivity contribution in [3.63, 3.8) is 0 Å². The van der Waals surface area contributed by atoms with Crippen molar-refractivity contribution in [1.82, 2.24) is 15.8 Å². The second-order valence-corrected chi connectivity index (χ2v) is 3.88. The van der Waals surface area contributed by atoms with Gasteiger partial charge in [0, 0.05) is 6.54 Å². The fraction of sp³-hybridized carbons (Fsp3) is 1.00. The van der Waals surface area contributed by atoms with Gasteiger partial charge >= 0.3 is 0 Å². The van der Waals surface area contributed by atoms with Crippen LogP contribution in [0.5, 0.6) is 0 Å². The minimum atomic E-state index is 0.582. The van der Waals surface area contributed by atoms with Crippen LogP contribution in [0.25, 0.3) is 0 Å². The number of nitrogens with one attached hydrogen (secondary N) is 2. The van der Waals surface area contributed by atoms with Crippen LogP contribution in [0.4, 0.5) is 0 Å². The highest BCUT2D eigenvalue weighted by Gasteiger charge is 2.37. The van der Waals surface area contributed by atoms with Crippen LogP contribution in [0.1, 0.15) is 13.3 Å². The van der Waals surface area contributed by atoms with Gasteiger partial charge in [-0.3, -0.25) is 10.3 Å². The zero-order valence-electron chi connectivity index (χ0n) is 7.30. The van der Waals surface area contributed by atoms with Crippen LogP contribution >= 0.6 is 0 Å². The summed E-state index contributed by atoms with van der Waals surface area (Å²) in [5.41, 5.74) is 6.58. The molecular weight excluding hydrogens is 138 g/mol. The van der Waals surface area contributed by atoms with Crippen molar-refractivity contribution in [3.05, 3.63) is 0 Å². The molecule has 0 aromatic rings.